The quantitative estimate of drug-likeness (QED) is 0.662. The highest BCUT2D eigenvalue weighted by Crippen LogP contribution is 2.16. The topological polar surface area (TPSA) is 86.1 Å². The second kappa shape index (κ2) is 7.43. The van der Waals surface area contributed by atoms with Crippen molar-refractivity contribution in [3.05, 3.63) is 52.5 Å². The minimum atomic E-state index is -0.586. The Bertz CT molecular complexity index is 939. The Balaban J connectivity index is 1.61. The van der Waals surface area contributed by atoms with Crippen LogP contribution in [0.1, 0.15) is 17.3 Å². The summed E-state index contributed by atoms with van der Waals surface area (Å²) in [6, 6.07) is 12.1. The molecule has 1 N–H and O–H groups in total. The van der Waals surface area contributed by atoms with Crippen molar-refractivity contribution in [2.75, 3.05) is 11.9 Å². The maximum Gasteiger partial charge on any atom is 0.338 e. The van der Waals surface area contributed by atoms with E-state index in [0.717, 1.165) is 9.99 Å². The Kier molecular flexibility index (Phi) is 5.08. The summed E-state index contributed by atoms with van der Waals surface area (Å²) in [6.07, 6.45) is 0. The highest BCUT2D eigenvalue weighted by atomic mass is 79.9. The standard InChI is InChI=1S/C17H15BrN4O3/c1-2-22-15-7-6-11(8-14(15)20-21-22)17(24)25-10-16(23)19-13-5-3-4-12(18)9-13/h3-9H,2,10H2,1H3,(H,19,23). The fraction of sp³-hybridized carbons (Fsp3) is 0.176. The van der Waals surface area contributed by atoms with E-state index in [1.54, 1.807) is 41.1 Å². The molecule has 128 valence electrons. The smallest absolute Gasteiger partial charge is 0.338 e. The SMILES string of the molecule is CCn1nnc2cc(C(=O)OCC(=O)Nc3cccc(Br)c3)ccc21. The lowest BCUT2D eigenvalue weighted by atomic mass is 10.2. The first-order valence-electron chi connectivity index (χ1n) is 7.62. The van der Waals surface area contributed by atoms with Gasteiger partial charge in [-0.05, 0) is 43.3 Å². The number of halogens is 1. The van der Waals surface area contributed by atoms with E-state index in [9.17, 15) is 9.59 Å². The number of hydrogen-bond acceptors (Lipinski definition) is 5. The summed E-state index contributed by atoms with van der Waals surface area (Å²) in [6.45, 7) is 2.28. The summed E-state index contributed by atoms with van der Waals surface area (Å²) in [7, 11) is 0. The van der Waals surface area contributed by atoms with Crippen LogP contribution in [0, 0.1) is 0 Å². The minimum absolute atomic E-state index is 0.325. The summed E-state index contributed by atoms with van der Waals surface area (Å²) in [5.74, 6) is -0.998. The molecular weight excluding hydrogens is 388 g/mol. The second-order valence-electron chi connectivity index (χ2n) is 5.24. The van der Waals surface area contributed by atoms with Crippen LogP contribution < -0.4 is 5.32 Å². The third kappa shape index (κ3) is 4.03. The molecular formula is C17H15BrN4O3. The van der Waals surface area contributed by atoms with Gasteiger partial charge in [0.2, 0.25) is 0 Å². The van der Waals surface area contributed by atoms with Crippen LogP contribution >= 0.6 is 15.9 Å². The summed E-state index contributed by atoms with van der Waals surface area (Å²) >= 11 is 3.32. The van der Waals surface area contributed by atoms with Crippen molar-refractivity contribution in [1.82, 2.24) is 15.0 Å². The van der Waals surface area contributed by atoms with Crippen LogP contribution in [-0.4, -0.2) is 33.5 Å². The zero-order valence-corrected chi connectivity index (χ0v) is 15.0. The average molecular weight is 403 g/mol. The molecule has 25 heavy (non-hydrogen) atoms. The van der Waals surface area contributed by atoms with Gasteiger partial charge in [0.1, 0.15) is 5.52 Å². The van der Waals surface area contributed by atoms with Gasteiger partial charge in [0, 0.05) is 16.7 Å². The molecule has 1 aromatic heterocycles. The first kappa shape index (κ1) is 17.1. The number of rotatable bonds is 5. The summed E-state index contributed by atoms with van der Waals surface area (Å²) in [5, 5.41) is 10.7. The van der Waals surface area contributed by atoms with Gasteiger partial charge in [-0.2, -0.15) is 0 Å². The van der Waals surface area contributed by atoms with Gasteiger partial charge in [-0.3, -0.25) is 4.79 Å². The lowest BCUT2D eigenvalue weighted by Gasteiger charge is -2.07. The number of benzene rings is 2. The molecule has 7 nitrogen and oxygen atoms in total. The van der Waals surface area contributed by atoms with Gasteiger partial charge in [-0.1, -0.05) is 27.2 Å². The van der Waals surface area contributed by atoms with E-state index < -0.39 is 11.9 Å². The van der Waals surface area contributed by atoms with Crippen molar-refractivity contribution in [2.45, 2.75) is 13.5 Å². The van der Waals surface area contributed by atoms with E-state index in [2.05, 4.69) is 31.6 Å². The van der Waals surface area contributed by atoms with Crippen LogP contribution in [0.2, 0.25) is 0 Å². The lowest BCUT2D eigenvalue weighted by Crippen LogP contribution is -2.20. The Morgan fingerprint density at radius 3 is 2.84 bits per heavy atom. The molecule has 3 rings (SSSR count). The second-order valence-corrected chi connectivity index (χ2v) is 6.16. The first-order valence-corrected chi connectivity index (χ1v) is 8.42. The van der Waals surface area contributed by atoms with Crippen LogP contribution in [0.4, 0.5) is 5.69 Å². The number of carbonyl (C=O) groups excluding carboxylic acids is 2. The molecule has 2 aromatic carbocycles. The number of esters is 1. The number of aromatic nitrogens is 3. The van der Waals surface area contributed by atoms with Gasteiger partial charge in [-0.25, -0.2) is 9.48 Å². The zero-order chi connectivity index (χ0) is 17.8. The van der Waals surface area contributed by atoms with E-state index in [1.165, 1.54) is 0 Å². The molecule has 0 atom stereocenters. The molecule has 0 unspecified atom stereocenters. The van der Waals surface area contributed by atoms with Gasteiger partial charge >= 0.3 is 5.97 Å². The Morgan fingerprint density at radius 1 is 1.24 bits per heavy atom. The van der Waals surface area contributed by atoms with Crippen LogP contribution in [0.25, 0.3) is 11.0 Å². The summed E-state index contributed by atoms with van der Waals surface area (Å²) in [4.78, 5) is 24.0. The molecule has 0 radical (unpaired) electrons. The Morgan fingerprint density at radius 2 is 2.08 bits per heavy atom. The van der Waals surface area contributed by atoms with Crippen molar-refractivity contribution >= 4 is 44.5 Å². The Hall–Kier alpha value is -2.74. The monoisotopic (exact) mass is 402 g/mol. The van der Waals surface area contributed by atoms with Crippen molar-refractivity contribution in [1.29, 1.82) is 0 Å². The minimum Gasteiger partial charge on any atom is -0.452 e. The van der Waals surface area contributed by atoms with Crippen LogP contribution in [0.15, 0.2) is 46.9 Å². The molecule has 1 amide bonds. The number of ether oxygens (including phenoxy) is 1. The number of fused-ring (bicyclic) bond motifs is 1. The summed E-state index contributed by atoms with van der Waals surface area (Å²) < 4.78 is 7.63. The Labute approximate surface area is 152 Å². The van der Waals surface area contributed by atoms with E-state index >= 15 is 0 Å². The van der Waals surface area contributed by atoms with Crippen LogP contribution in [0.5, 0.6) is 0 Å². The molecule has 8 heteroatoms. The molecule has 0 aliphatic carbocycles. The van der Waals surface area contributed by atoms with Gasteiger partial charge in [0.05, 0.1) is 11.1 Å². The first-order chi connectivity index (χ1) is 12.1. The predicted molar refractivity (Wildman–Crippen MR) is 96.3 cm³/mol. The molecule has 3 aromatic rings. The normalized spacial score (nSPS) is 10.6. The van der Waals surface area contributed by atoms with Crippen molar-refractivity contribution in [3.8, 4) is 0 Å². The fourth-order valence-electron chi connectivity index (χ4n) is 2.31. The highest BCUT2D eigenvalue weighted by molar-refractivity contribution is 9.10. The molecule has 0 saturated carbocycles. The number of amides is 1. The third-order valence-corrected chi connectivity index (χ3v) is 3.99. The molecule has 0 saturated heterocycles. The molecule has 0 aliphatic rings. The van der Waals surface area contributed by atoms with Crippen LogP contribution in [-0.2, 0) is 16.1 Å². The van der Waals surface area contributed by atoms with Crippen LogP contribution in [0.3, 0.4) is 0 Å². The third-order valence-electron chi connectivity index (χ3n) is 3.49. The maximum atomic E-state index is 12.1. The molecule has 0 fully saturated rings. The predicted octanol–water partition coefficient (Wildman–Crippen LogP) is 3.01. The number of anilines is 1. The van der Waals surface area contributed by atoms with E-state index in [-0.39, 0.29) is 6.61 Å². The number of hydrogen-bond donors (Lipinski definition) is 1. The van der Waals surface area contributed by atoms with Gasteiger partial charge in [-0.15, -0.1) is 5.10 Å². The lowest BCUT2D eigenvalue weighted by molar-refractivity contribution is -0.119. The highest BCUT2D eigenvalue weighted by Gasteiger charge is 2.13. The largest absolute Gasteiger partial charge is 0.452 e. The maximum absolute atomic E-state index is 12.1. The van der Waals surface area contributed by atoms with Gasteiger partial charge in [0.25, 0.3) is 5.91 Å². The molecule has 1 heterocycles. The summed E-state index contributed by atoms with van der Waals surface area (Å²) in [5.41, 5.74) is 2.39. The number of carbonyl (C=O) groups is 2. The van der Waals surface area contributed by atoms with Gasteiger partial charge < -0.3 is 10.1 Å². The molecule has 0 bridgehead atoms. The van der Waals surface area contributed by atoms with Crippen molar-refractivity contribution < 1.29 is 14.3 Å². The van der Waals surface area contributed by atoms with E-state index in [0.29, 0.717) is 23.3 Å². The zero-order valence-electron chi connectivity index (χ0n) is 13.4. The molecule has 0 spiro atoms. The van der Waals surface area contributed by atoms with E-state index in [4.69, 9.17) is 4.74 Å². The number of aryl methyl sites for hydroxylation is 1. The van der Waals surface area contributed by atoms with Crippen molar-refractivity contribution in [3.63, 3.8) is 0 Å². The number of nitrogens with one attached hydrogen (secondary N) is 1. The molecule has 0 aliphatic heterocycles. The number of nitrogens with zero attached hydrogens (tertiary/aromatic N) is 3. The van der Waals surface area contributed by atoms with Gasteiger partial charge in [0.15, 0.2) is 6.61 Å². The fourth-order valence-corrected chi connectivity index (χ4v) is 2.71. The van der Waals surface area contributed by atoms with Crippen molar-refractivity contribution in [2.24, 2.45) is 0 Å². The van der Waals surface area contributed by atoms with E-state index in [1.807, 2.05) is 13.0 Å². The average Bonchev–Trinajstić information content (AvgIpc) is 3.02.